The van der Waals surface area contributed by atoms with E-state index in [0.29, 0.717) is 13.0 Å². The van der Waals surface area contributed by atoms with Gasteiger partial charge in [-0.05, 0) is 47.5 Å². The number of benzene rings is 1. The van der Waals surface area contributed by atoms with E-state index < -0.39 is 5.97 Å². The SMILES string of the molecule is CNc1cccc(CCOc2ccc3[nH]cc(C(CC(=O)O)c4cccnc4)c3c2)n1. The molecule has 0 amide bonds. The van der Waals surface area contributed by atoms with E-state index in [1.807, 2.05) is 61.8 Å². The summed E-state index contributed by atoms with van der Waals surface area (Å²) >= 11 is 0. The molecule has 0 fully saturated rings. The Balaban J connectivity index is 1.55. The maximum absolute atomic E-state index is 11.5. The number of fused-ring (bicyclic) bond motifs is 1. The minimum absolute atomic E-state index is 0.0167. The van der Waals surface area contributed by atoms with Gasteiger partial charge in [-0.25, -0.2) is 4.98 Å². The predicted octanol–water partition coefficient (Wildman–Crippen LogP) is 4.23. The molecule has 7 nitrogen and oxygen atoms in total. The summed E-state index contributed by atoms with van der Waals surface area (Å²) in [7, 11) is 1.84. The molecule has 0 saturated carbocycles. The number of ether oxygens (including phenoxy) is 1. The van der Waals surface area contributed by atoms with Crippen molar-refractivity contribution in [3.63, 3.8) is 0 Å². The Bertz CT molecular complexity index is 1170. The van der Waals surface area contributed by atoms with Crippen LogP contribution in [0.25, 0.3) is 10.9 Å². The average Bonchev–Trinajstić information content (AvgIpc) is 3.21. The number of rotatable bonds is 9. The first-order valence-corrected chi connectivity index (χ1v) is 10.1. The molecule has 3 N–H and O–H groups in total. The highest BCUT2D eigenvalue weighted by molar-refractivity contribution is 5.86. The molecule has 0 saturated heterocycles. The normalized spacial score (nSPS) is 11.9. The van der Waals surface area contributed by atoms with E-state index in [2.05, 4.69) is 20.3 Å². The second kappa shape index (κ2) is 9.30. The minimum atomic E-state index is -0.855. The van der Waals surface area contributed by atoms with Gasteiger partial charge in [0.2, 0.25) is 0 Å². The largest absolute Gasteiger partial charge is 0.493 e. The van der Waals surface area contributed by atoms with Gasteiger partial charge in [0.05, 0.1) is 13.0 Å². The molecule has 4 aromatic rings. The Kier molecular flexibility index (Phi) is 6.12. The van der Waals surface area contributed by atoms with Crippen LogP contribution in [0.4, 0.5) is 5.82 Å². The first-order valence-electron chi connectivity index (χ1n) is 10.1. The highest BCUT2D eigenvalue weighted by Crippen LogP contribution is 2.34. The van der Waals surface area contributed by atoms with Gasteiger partial charge in [0.15, 0.2) is 0 Å². The fourth-order valence-corrected chi connectivity index (χ4v) is 3.69. The summed E-state index contributed by atoms with van der Waals surface area (Å²) in [5.41, 5.74) is 3.67. The van der Waals surface area contributed by atoms with Gasteiger partial charge in [0.25, 0.3) is 0 Å². The topological polar surface area (TPSA) is 100 Å². The predicted molar refractivity (Wildman–Crippen MR) is 120 cm³/mol. The van der Waals surface area contributed by atoms with Crippen LogP contribution in [0.15, 0.2) is 67.1 Å². The number of carboxylic acid groups (broad SMARTS) is 1. The van der Waals surface area contributed by atoms with Crippen molar-refractivity contribution in [1.82, 2.24) is 15.0 Å². The van der Waals surface area contributed by atoms with Gasteiger partial charge in [0.1, 0.15) is 11.6 Å². The molecule has 0 bridgehead atoms. The van der Waals surface area contributed by atoms with Crippen LogP contribution in [0.5, 0.6) is 5.75 Å². The number of anilines is 1. The van der Waals surface area contributed by atoms with Crippen LogP contribution in [-0.2, 0) is 11.2 Å². The average molecular weight is 416 g/mol. The third-order valence-corrected chi connectivity index (χ3v) is 5.22. The molecule has 0 spiro atoms. The molecular weight excluding hydrogens is 392 g/mol. The monoisotopic (exact) mass is 416 g/mol. The zero-order valence-electron chi connectivity index (χ0n) is 17.2. The second-order valence-electron chi connectivity index (χ2n) is 7.25. The summed E-state index contributed by atoms with van der Waals surface area (Å²) in [5, 5.41) is 13.4. The number of H-pyrrole nitrogens is 1. The van der Waals surface area contributed by atoms with Gasteiger partial charge in [0, 0.05) is 54.6 Å². The lowest BCUT2D eigenvalue weighted by Crippen LogP contribution is -2.08. The second-order valence-corrected chi connectivity index (χ2v) is 7.25. The van der Waals surface area contributed by atoms with Gasteiger partial charge in [-0.1, -0.05) is 12.1 Å². The molecule has 0 aliphatic heterocycles. The quantitative estimate of drug-likeness (QED) is 0.378. The minimum Gasteiger partial charge on any atom is -0.493 e. The van der Waals surface area contributed by atoms with Crippen LogP contribution in [0.1, 0.15) is 29.2 Å². The van der Waals surface area contributed by atoms with Crippen molar-refractivity contribution in [2.24, 2.45) is 0 Å². The van der Waals surface area contributed by atoms with E-state index in [1.165, 1.54) is 0 Å². The van der Waals surface area contributed by atoms with Gasteiger partial charge in [-0.15, -0.1) is 0 Å². The zero-order valence-corrected chi connectivity index (χ0v) is 17.2. The molecule has 0 aliphatic carbocycles. The van der Waals surface area contributed by atoms with Crippen molar-refractivity contribution in [2.75, 3.05) is 19.0 Å². The van der Waals surface area contributed by atoms with Crippen molar-refractivity contribution in [3.8, 4) is 5.75 Å². The van der Waals surface area contributed by atoms with E-state index in [1.54, 1.807) is 12.4 Å². The lowest BCUT2D eigenvalue weighted by molar-refractivity contribution is -0.137. The molecule has 158 valence electrons. The standard InChI is InChI=1S/C24H24N4O3/c1-25-23-6-2-5-17(28-23)9-11-31-18-7-8-22-20(12-18)21(15-27-22)19(13-24(29)30)16-4-3-10-26-14-16/h2-8,10,12,14-15,19,27H,9,11,13H2,1H3,(H,25,28)(H,29,30). The summed E-state index contributed by atoms with van der Waals surface area (Å²) in [4.78, 5) is 23.5. The molecule has 3 aromatic heterocycles. The Morgan fingerprint density at radius 2 is 2.13 bits per heavy atom. The zero-order chi connectivity index (χ0) is 21.6. The Morgan fingerprint density at radius 3 is 2.90 bits per heavy atom. The van der Waals surface area contributed by atoms with Crippen LogP contribution in [0.3, 0.4) is 0 Å². The Morgan fingerprint density at radius 1 is 1.23 bits per heavy atom. The third kappa shape index (κ3) is 4.83. The number of nitrogens with zero attached hydrogens (tertiary/aromatic N) is 2. The van der Waals surface area contributed by atoms with Crippen molar-refractivity contribution < 1.29 is 14.6 Å². The summed E-state index contributed by atoms with van der Waals surface area (Å²) in [5.74, 6) is 0.407. The molecule has 31 heavy (non-hydrogen) atoms. The fourth-order valence-electron chi connectivity index (χ4n) is 3.69. The maximum Gasteiger partial charge on any atom is 0.304 e. The van der Waals surface area contributed by atoms with E-state index in [9.17, 15) is 9.90 Å². The number of hydrogen-bond acceptors (Lipinski definition) is 5. The molecule has 0 radical (unpaired) electrons. The highest BCUT2D eigenvalue weighted by Gasteiger charge is 2.21. The van der Waals surface area contributed by atoms with E-state index >= 15 is 0 Å². The Hall–Kier alpha value is -3.87. The van der Waals surface area contributed by atoms with Crippen molar-refractivity contribution >= 4 is 22.7 Å². The van der Waals surface area contributed by atoms with Crippen LogP contribution < -0.4 is 10.1 Å². The van der Waals surface area contributed by atoms with Gasteiger partial charge in [-0.2, -0.15) is 0 Å². The fraction of sp³-hybridized carbons (Fsp3) is 0.208. The first-order chi connectivity index (χ1) is 15.1. The van der Waals surface area contributed by atoms with Crippen LogP contribution in [0.2, 0.25) is 0 Å². The molecule has 0 aliphatic rings. The van der Waals surface area contributed by atoms with Crippen LogP contribution >= 0.6 is 0 Å². The van der Waals surface area contributed by atoms with E-state index in [0.717, 1.165) is 39.3 Å². The van der Waals surface area contributed by atoms with E-state index in [4.69, 9.17) is 4.74 Å². The summed E-state index contributed by atoms with van der Waals surface area (Å²) in [6.45, 7) is 0.493. The third-order valence-electron chi connectivity index (χ3n) is 5.22. The lowest BCUT2D eigenvalue weighted by atomic mass is 9.89. The lowest BCUT2D eigenvalue weighted by Gasteiger charge is -2.15. The number of aromatic nitrogens is 3. The summed E-state index contributed by atoms with van der Waals surface area (Å²) in [6.07, 6.45) is 5.95. The molecule has 7 heteroatoms. The maximum atomic E-state index is 11.5. The molecule has 3 heterocycles. The van der Waals surface area contributed by atoms with Crippen molar-refractivity contribution in [2.45, 2.75) is 18.8 Å². The molecule has 4 rings (SSSR count). The van der Waals surface area contributed by atoms with Crippen LogP contribution in [-0.4, -0.2) is 39.7 Å². The molecule has 1 atom stereocenters. The van der Waals surface area contributed by atoms with Gasteiger partial charge >= 0.3 is 5.97 Å². The summed E-state index contributed by atoms with van der Waals surface area (Å²) < 4.78 is 5.98. The first kappa shape index (κ1) is 20.4. The van der Waals surface area contributed by atoms with E-state index in [-0.39, 0.29) is 12.3 Å². The number of carboxylic acids is 1. The van der Waals surface area contributed by atoms with Gasteiger partial charge in [-0.3, -0.25) is 9.78 Å². The summed E-state index contributed by atoms with van der Waals surface area (Å²) in [6, 6.07) is 15.4. The number of nitrogens with one attached hydrogen (secondary N) is 2. The van der Waals surface area contributed by atoms with Crippen molar-refractivity contribution in [1.29, 1.82) is 0 Å². The Labute approximate surface area is 180 Å². The molecular formula is C24H24N4O3. The number of aromatic amines is 1. The smallest absolute Gasteiger partial charge is 0.304 e. The number of hydrogen-bond donors (Lipinski definition) is 3. The van der Waals surface area contributed by atoms with Crippen LogP contribution in [0, 0.1) is 0 Å². The number of carbonyl (C=O) groups is 1. The van der Waals surface area contributed by atoms with Crippen molar-refractivity contribution in [3.05, 3.63) is 83.9 Å². The molecule has 1 unspecified atom stereocenters. The number of aliphatic carboxylic acids is 1. The van der Waals surface area contributed by atoms with Gasteiger partial charge < -0.3 is 20.1 Å². The number of pyridine rings is 2. The molecule has 1 aromatic carbocycles. The highest BCUT2D eigenvalue weighted by atomic mass is 16.5.